The van der Waals surface area contributed by atoms with E-state index >= 15 is 0 Å². The molecule has 11 nitrogen and oxygen atoms in total. The number of aromatic carboxylic acids is 1. The van der Waals surface area contributed by atoms with Gasteiger partial charge < -0.3 is 5.11 Å². The molecule has 0 spiro atoms. The van der Waals surface area contributed by atoms with Gasteiger partial charge in [0.1, 0.15) is 0 Å². The Morgan fingerprint density at radius 2 is 1.67 bits per heavy atom. The number of carbonyl (C=O) groups is 2. The van der Waals surface area contributed by atoms with Crippen LogP contribution in [0.2, 0.25) is 0 Å². The van der Waals surface area contributed by atoms with Crippen molar-refractivity contribution in [3.63, 3.8) is 0 Å². The summed E-state index contributed by atoms with van der Waals surface area (Å²) in [7, 11) is 0. The second-order valence-corrected chi connectivity index (χ2v) is 8.30. The zero-order valence-electron chi connectivity index (χ0n) is 13.8. The third-order valence-corrected chi connectivity index (χ3v) is 5.04. The minimum atomic E-state index is -5.15. The van der Waals surface area contributed by atoms with E-state index < -0.39 is 41.1 Å². The van der Waals surface area contributed by atoms with Crippen molar-refractivity contribution in [2.24, 2.45) is 0 Å². The Kier molecular flexibility index (Phi) is 7.29. The minimum absolute atomic E-state index is 0.00951. The van der Waals surface area contributed by atoms with Crippen LogP contribution in [0, 0.1) is 10.1 Å². The number of rotatable bonds is 4. The first-order valence-electron chi connectivity index (χ1n) is 7.07. The molecule has 0 fully saturated rings. The van der Waals surface area contributed by atoms with E-state index in [0.29, 0.717) is 0 Å². The van der Waals surface area contributed by atoms with E-state index in [1.165, 1.54) is 31.2 Å². The SMILES string of the molecule is CC(=O)Nc1cccc([As](=O)(O)O)c1O.O=C(O)c1ccc([N+](=O)[O-])cc1. The standard InChI is InChI=1S/C8H10AsNO5.C7H5NO4/c1-5(11)10-7-4-2-3-6(8(7)12)9(13,14)15;9-7(10)5-1-3-6(4-2-5)8(11)12/h2-4,12H,1H3,(H,10,11)(H2,13,14,15);1-4H,(H,9,10). The van der Waals surface area contributed by atoms with Gasteiger partial charge in [-0.05, 0) is 12.1 Å². The van der Waals surface area contributed by atoms with Crippen LogP contribution in [0.1, 0.15) is 17.3 Å². The topological polar surface area (TPSA) is 187 Å². The number of hydrogen-bond donors (Lipinski definition) is 5. The molecule has 0 aromatic heterocycles. The molecule has 0 saturated heterocycles. The van der Waals surface area contributed by atoms with E-state index in [0.717, 1.165) is 18.2 Å². The fraction of sp³-hybridized carbons (Fsp3) is 0.0667. The zero-order chi connectivity index (χ0) is 20.8. The minimum Gasteiger partial charge on any atom is -0.478 e. The smallest absolute Gasteiger partial charge is 0.335 e. The van der Waals surface area contributed by atoms with Gasteiger partial charge in [-0.1, -0.05) is 0 Å². The summed E-state index contributed by atoms with van der Waals surface area (Å²) in [5.41, 5.74) is -0.0784. The van der Waals surface area contributed by atoms with Crippen LogP contribution in [-0.4, -0.2) is 49.4 Å². The number of carboxylic acids is 1. The predicted octanol–water partition coefficient (Wildman–Crippen LogP) is 0.205. The predicted molar refractivity (Wildman–Crippen MR) is 93.0 cm³/mol. The molecule has 12 heteroatoms. The molecular formula is C15H15AsN2O9. The summed E-state index contributed by atoms with van der Waals surface area (Å²) in [4.78, 5) is 30.6. The van der Waals surface area contributed by atoms with Crippen LogP contribution < -0.4 is 9.67 Å². The third-order valence-electron chi connectivity index (χ3n) is 2.96. The van der Waals surface area contributed by atoms with Crippen molar-refractivity contribution in [3.8, 4) is 5.75 Å². The number of carboxylic acid groups (broad SMARTS) is 1. The van der Waals surface area contributed by atoms with Crippen molar-refractivity contribution in [2.75, 3.05) is 5.32 Å². The zero-order valence-corrected chi connectivity index (χ0v) is 15.6. The molecule has 0 atom stereocenters. The molecule has 0 aliphatic heterocycles. The first kappa shape index (κ1) is 21.9. The summed E-state index contributed by atoms with van der Waals surface area (Å²) in [6.45, 7) is 1.23. The van der Waals surface area contributed by atoms with E-state index in [1.54, 1.807) is 0 Å². The number of amides is 1. The Labute approximate surface area is 155 Å². The quantitative estimate of drug-likeness (QED) is 0.191. The van der Waals surface area contributed by atoms with Crippen molar-refractivity contribution >= 4 is 41.8 Å². The van der Waals surface area contributed by atoms with E-state index in [1.807, 2.05) is 0 Å². The van der Waals surface area contributed by atoms with Crippen LogP contribution in [0.4, 0.5) is 11.4 Å². The van der Waals surface area contributed by atoms with Crippen LogP contribution in [0.15, 0.2) is 42.5 Å². The Morgan fingerprint density at radius 1 is 1.11 bits per heavy atom. The maximum atomic E-state index is 11.0. The monoisotopic (exact) mass is 442 g/mol. The molecule has 1 amide bonds. The van der Waals surface area contributed by atoms with Gasteiger partial charge in [-0.15, -0.1) is 0 Å². The first-order valence-corrected chi connectivity index (χ1v) is 10.4. The van der Waals surface area contributed by atoms with Crippen molar-refractivity contribution in [3.05, 3.63) is 58.1 Å². The average Bonchev–Trinajstić information content (AvgIpc) is 2.56. The second-order valence-electron chi connectivity index (χ2n) is 5.01. The number of phenols is 1. The van der Waals surface area contributed by atoms with Gasteiger partial charge in [0.15, 0.2) is 0 Å². The third kappa shape index (κ3) is 6.59. The summed E-state index contributed by atoms with van der Waals surface area (Å²) in [6.07, 6.45) is 0. The first-order chi connectivity index (χ1) is 12.4. The van der Waals surface area contributed by atoms with Crippen molar-refractivity contribution in [2.45, 2.75) is 6.92 Å². The molecular weight excluding hydrogens is 427 g/mol. The van der Waals surface area contributed by atoms with Gasteiger partial charge in [-0.3, -0.25) is 10.1 Å². The van der Waals surface area contributed by atoms with Crippen LogP contribution in [0.25, 0.3) is 0 Å². The normalized spacial score (nSPS) is 10.3. The maximum absolute atomic E-state index is 11.0. The van der Waals surface area contributed by atoms with Gasteiger partial charge in [-0.25, -0.2) is 4.79 Å². The summed E-state index contributed by atoms with van der Waals surface area (Å²) >= 11 is -5.15. The number of anilines is 1. The number of nitrogens with one attached hydrogen (secondary N) is 1. The largest absolute Gasteiger partial charge is 0.478 e. The number of non-ortho nitro benzene ring substituents is 1. The molecule has 0 aliphatic carbocycles. The average molecular weight is 442 g/mol. The molecule has 0 aliphatic rings. The Bertz CT molecular complexity index is 873. The number of carbonyl (C=O) groups excluding carboxylic acids is 1. The fourth-order valence-corrected chi connectivity index (χ4v) is 3.20. The number of hydrogen-bond acceptors (Lipinski definition) is 6. The van der Waals surface area contributed by atoms with Crippen molar-refractivity contribution in [1.29, 1.82) is 0 Å². The second kappa shape index (κ2) is 8.99. The molecule has 2 rings (SSSR count). The number of nitro benzene ring substituents is 1. The van der Waals surface area contributed by atoms with Crippen LogP contribution in [-0.2, 0) is 8.53 Å². The van der Waals surface area contributed by atoms with E-state index in [-0.39, 0.29) is 16.9 Å². The molecule has 0 saturated carbocycles. The molecule has 144 valence electrons. The van der Waals surface area contributed by atoms with E-state index in [9.17, 15) is 28.5 Å². The molecule has 27 heavy (non-hydrogen) atoms. The van der Waals surface area contributed by atoms with Gasteiger partial charge >= 0.3 is 94.1 Å². The summed E-state index contributed by atoms with van der Waals surface area (Å²) in [5, 5.41) is 30.3. The summed E-state index contributed by atoms with van der Waals surface area (Å²) < 4.78 is 28.4. The van der Waals surface area contributed by atoms with Crippen molar-refractivity contribution < 1.29 is 36.7 Å². The van der Waals surface area contributed by atoms with Crippen LogP contribution in [0.5, 0.6) is 5.75 Å². The number of benzene rings is 2. The number of para-hydroxylation sites is 1. The Morgan fingerprint density at radius 3 is 2.07 bits per heavy atom. The fourth-order valence-electron chi connectivity index (χ4n) is 1.78. The molecule has 2 aromatic carbocycles. The van der Waals surface area contributed by atoms with Gasteiger partial charge in [0.2, 0.25) is 0 Å². The van der Waals surface area contributed by atoms with Crippen LogP contribution >= 0.6 is 0 Å². The van der Waals surface area contributed by atoms with Gasteiger partial charge in [0.05, 0.1) is 10.5 Å². The van der Waals surface area contributed by atoms with E-state index in [4.69, 9.17) is 13.3 Å². The van der Waals surface area contributed by atoms with Crippen LogP contribution in [0.3, 0.4) is 0 Å². The Balaban J connectivity index is 0.000000277. The molecule has 0 unspecified atom stereocenters. The molecule has 5 N–H and O–H groups in total. The molecule has 0 radical (unpaired) electrons. The molecule has 2 aromatic rings. The van der Waals surface area contributed by atoms with Gasteiger partial charge in [-0.2, -0.15) is 0 Å². The molecule has 0 heterocycles. The number of nitro groups is 1. The number of phenolic OH excluding ortho intramolecular Hbond substituents is 1. The van der Waals surface area contributed by atoms with Gasteiger partial charge in [0.25, 0.3) is 5.69 Å². The number of nitrogens with zero attached hydrogens (tertiary/aromatic N) is 1. The number of aromatic hydroxyl groups is 1. The molecule has 0 bridgehead atoms. The maximum Gasteiger partial charge on any atom is 0.335 e. The van der Waals surface area contributed by atoms with Gasteiger partial charge in [0, 0.05) is 12.1 Å². The summed E-state index contributed by atoms with van der Waals surface area (Å²) in [5.74, 6) is -2.11. The van der Waals surface area contributed by atoms with Crippen molar-refractivity contribution in [1.82, 2.24) is 0 Å². The Hall–Kier alpha value is -3.14. The van der Waals surface area contributed by atoms with E-state index in [2.05, 4.69) is 5.32 Å². The summed E-state index contributed by atoms with van der Waals surface area (Å²) in [6, 6.07) is 8.53.